The first-order chi connectivity index (χ1) is 15.8. The largest absolute Gasteiger partial charge is 0.281 e. The summed E-state index contributed by atoms with van der Waals surface area (Å²) in [6.07, 6.45) is 0.931. The monoisotopic (exact) mass is 487 g/mol. The summed E-state index contributed by atoms with van der Waals surface area (Å²) in [4.78, 5) is 17.9. The van der Waals surface area contributed by atoms with Crippen molar-refractivity contribution in [1.82, 2.24) is 9.66 Å². The smallest absolute Gasteiger partial charge is 0.267 e. The summed E-state index contributed by atoms with van der Waals surface area (Å²) in [5.74, 6) is -0.922. The highest BCUT2D eigenvalue weighted by molar-refractivity contribution is 7.98. The van der Waals surface area contributed by atoms with Crippen molar-refractivity contribution in [2.45, 2.75) is 17.5 Å². The second-order valence-corrected chi connectivity index (χ2v) is 10.1. The van der Waals surface area contributed by atoms with Gasteiger partial charge in [0, 0.05) is 11.3 Å². The standard InChI is InChI=1S/C23H19F2N3O3S2/c1-33(30,31)27(14-16-8-2-5-11-19(16)24)28-22(29)18-10-4-7-13-21(18)26-23(28)32-15-17-9-3-6-12-20(17)25/h2-13H,14-15H2,1H3. The predicted molar refractivity (Wildman–Crippen MR) is 125 cm³/mol. The normalized spacial score (nSPS) is 11.6. The second kappa shape index (κ2) is 9.32. The Morgan fingerprint density at radius 3 is 2.12 bits per heavy atom. The molecule has 1 heterocycles. The van der Waals surface area contributed by atoms with Gasteiger partial charge >= 0.3 is 0 Å². The molecule has 33 heavy (non-hydrogen) atoms. The molecule has 0 saturated carbocycles. The summed E-state index contributed by atoms with van der Waals surface area (Å²) < 4.78 is 55.7. The molecule has 0 aliphatic rings. The second-order valence-electron chi connectivity index (χ2n) is 7.24. The fraction of sp³-hybridized carbons (Fsp3) is 0.130. The Balaban J connectivity index is 1.88. The number of benzene rings is 3. The molecule has 4 rings (SSSR count). The number of aromatic nitrogens is 2. The van der Waals surface area contributed by atoms with E-state index in [1.54, 1.807) is 42.5 Å². The molecule has 0 N–H and O–H groups in total. The van der Waals surface area contributed by atoms with E-state index in [4.69, 9.17) is 0 Å². The SMILES string of the molecule is CS(=O)(=O)N(Cc1ccccc1F)n1c(SCc2ccccc2F)nc2ccccc2c1=O. The van der Waals surface area contributed by atoms with Gasteiger partial charge in [0.2, 0.25) is 10.0 Å². The number of halogens is 2. The van der Waals surface area contributed by atoms with Crippen molar-refractivity contribution in [2.24, 2.45) is 0 Å². The summed E-state index contributed by atoms with van der Waals surface area (Å²) in [6, 6.07) is 18.4. The van der Waals surface area contributed by atoms with Gasteiger partial charge in [0.05, 0.1) is 23.7 Å². The maximum Gasteiger partial charge on any atom is 0.281 e. The Hall–Kier alpha value is -3.24. The van der Waals surface area contributed by atoms with Gasteiger partial charge in [0.25, 0.3) is 5.56 Å². The lowest BCUT2D eigenvalue weighted by atomic mass is 10.2. The maximum absolute atomic E-state index is 14.4. The minimum absolute atomic E-state index is 0.0451. The molecular formula is C23H19F2N3O3S2. The summed E-state index contributed by atoms with van der Waals surface area (Å²) in [5.41, 5.74) is 0.206. The maximum atomic E-state index is 14.4. The number of thioether (sulfide) groups is 1. The Bertz CT molecular complexity index is 1490. The van der Waals surface area contributed by atoms with Gasteiger partial charge in [-0.15, -0.1) is 0 Å². The van der Waals surface area contributed by atoms with Crippen molar-refractivity contribution < 1.29 is 17.2 Å². The van der Waals surface area contributed by atoms with E-state index in [0.29, 0.717) is 11.1 Å². The first kappa shape index (κ1) is 22.9. The number of rotatable bonds is 7. The summed E-state index contributed by atoms with van der Waals surface area (Å²) in [7, 11) is -4.04. The third-order valence-electron chi connectivity index (χ3n) is 4.91. The Morgan fingerprint density at radius 2 is 1.48 bits per heavy atom. The van der Waals surface area contributed by atoms with Crippen molar-refractivity contribution in [2.75, 3.05) is 10.7 Å². The molecule has 0 spiro atoms. The zero-order valence-electron chi connectivity index (χ0n) is 17.5. The van der Waals surface area contributed by atoms with E-state index in [2.05, 4.69) is 4.98 Å². The van der Waals surface area contributed by atoms with E-state index in [-0.39, 0.29) is 21.9 Å². The van der Waals surface area contributed by atoms with E-state index < -0.39 is 33.8 Å². The number of fused-ring (bicyclic) bond motifs is 1. The van der Waals surface area contributed by atoms with E-state index in [1.807, 2.05) is 0 Å². The zero-order chi connectivity index (χ0) is 23.6. The van der Waals surface area contributed by atoms with Crippen molar-refractivity contribution in [1.29, 1.82) is 0 Å². The van der Waals surface area contributed by atoms with Crippen molar-refractivity contribution in [3.63, 3.8) is 0 Å². The first-order valence-corrected chi connectivity index (χ1v) is 12.7. The lowest BCUT2D eigenvalue weighted by Gasteiger charge is -2.26. The predicted octanol–water partition coefficient (Wildman–Crippen LogP) is 4.06. The van der Waals surface area contributed by atoms with Crippen LogP contribution in [-0.2, 0) is 22.3 Å². The molecule has 10 heteroatoms. The molecule has 0 unspecified atom stereocenters. The van der Waals surface area contributed by atoms with Gasteiger partial charge in [0.1, 0.15) is 11.6 Å². The molecular weight excluding hydrogens is 468 g/mol. The highest BCUT2D eigenvalue weighted by Crippen LogP contribution is 2.25. The lowest BCUT2D eigenvalue weighted by Crippen LogP contribution is -2.46. The summed E-state index contributed by atoms with van der Waals surface area (Å²) in [6.45, 7) is -0.418. The van der Waals surface area contributed by atoms with E-state index in [1.165, 1.54) is 30.3 Å². The minimum Gasteiger partial charge on any atom is -0.267 e. The van der Waals surface area contributed by atoms with Crippen LogP contribution in [0.4, 0.5) is 8.78 Å². The van der Waals surface area contributed by atoms with Crippen LogP contribution in [0.2, 0.25) is 0 Å². The van der Waals surface area contributed by atoms with Gasteiger partial charge in [-0.2, -0.15) is 9.09 Å². The lowest BCUT2D eigenvalue weighted by molar-refractivity contribution is 0.540. The van der Waals surface area contributed by atoms with Crippen LogP contribution in [0.15, 0.2) is 82.7 Å². The average molecular weight is 488 g/mol. The number of para-hydroxylation sites is 1. The third kappa shape index (κ3) is 4.91. The molecule has 0 amide bonds. The Kier molecular flexibility index (Phi) is 6.48. The van der Waals surface area contributed by atoms with E-state index in [0.717, 1.165) is 27.1 Å². The number of hydrogen-bond donors (Lipinski definition) is 0. The van der Waals surface area contributed by atoms with Crippen LogP contribution in [-0.4, -0.2) is 24.3 Å². The van der Waals surface area contributed by atoms with Crippen LogP contribution in [0.1, 0.15) is 11.1 Å². The van der Waals surface area contributed by atoms with Gasteiger partial charge in [-0.3, -0.25) is 4.79 Å². The Labute approximate surface area is 193 Å². The summed E-state index contributed by atoms with van der Waals surface area (Å²) >= 11 is 1.01. The fourth-order valence-corrected chi connectivity index (χ4v) is 5.12. The zero-order valence-corrected chi connectivity index (χ0v) is 19.1. The van der Waals surface area contributed by atoms with Crippen LogP contribution in [0, 0.1) is 11.6 Å². The number of sulfonamides is 1. The minimum atomic E-state index is -4.04. The number of nitrogens with zero attached hydrogens (tertiary/aromatic N) is 3. The Morgan fingerprint density at radius 1 is 0.909 bits per heavy atom. The molecule has 0 saturated heterocycles. The van der Waals surface area contributed by atoms with Crippen LogP contribution >= 0.6 is 11.8 Å². The molecule has 4 aromatic rings. The quantitative estimate of drug-likeness (QED) is 0.290. The molecule has 170 valence electrons. The van der Waals surface area contributed by atoms with Crippen molar-refractivity contribution >= 4 is 32.7 Å². The molecule has 0 aliphatic carbocycles. The van der Waals surface area contributed by atoms with Crippen LogP contribution in [0.3, 0.4) is 0 Å². The van der Waals surface area contributed by atoms with E-state index in [9.17, 15) is 22.0 Å². The third-order valence-corrected chi connectivity index (χ3v) is 6.94. The average Bonchev–Trinajstić information content (AvgIpc) is 2.78. The van der Waals surface area contributed by atoms with E-state index >= 15 is 0 Å². The molecule has 0 atom stereocenters. The first-order valence-electron chi connectivity index (χ1n) is 9.85. The number of hydrogen-bond acceptors (Lipinski definition) is 5. The van der Waals surface area contributed by atoms with Gasteiger partial charge in [-0.1, -0.05) is 60.3 Å². The van der Waals surface area contributed by atoms with Crippen LogP contribution in [0.5, 0.6) is 0 Å². The van der Waals surface area contributed by atoms with Gasteiger partial charge in [-0.25, -0.2) is 22.2 Å². The van der Waals surface area contributed by atoms with Gasteiger partial charge < -0.3 is 0 Å². The molecule has 0 fully saturated rings. The van der Waals surface area contributed by atoms with Crippen molar-refractivity contribution in [3.05, 3.63) is 106 Å². The van der Waals surface area contributed by atoms with Crippen LogP contribution < -0.4 is 9.97 Å². The molecule has 1 aromatic heterocycles. The molecule has 6 nitrogen and oxygen atoms in total. The molecule has 0 radical (unpaired) electrons. The topological polar surface area (TPSA) is 72.3 Å². The van der Waals surface area contributed by atoms with Gasteiger partial charge in [0.15, 0.2) is 5.16 Å². The molecule has 3 aromatic carbocycles. The van der Waals surface area contributed by atoms with Crippen molar-refractivity contribution in [3.8, 4) is 0 Å². The fourth-order valence-electron chi connectivity index (χ4n) is 3.26. The molecule has 0 bridgehead atoms. The highest BCUT2D eigenvalue weighted by atomic mass is 32.2. The van der Waals surface area contributed by atoms with Crippen LogP contribution in [0.25, 0.3) is 10.9 Å². The molecule has 0 aliphatic heterocycles. The van der Waals surface area contributed by atoms with Gasteiger partial charge in [-0.05, 0) is 29.8 Å². The highest BCUT2D eigenvalue weighted by Gasteiger charge is 2.25. The summed E-state index contributed by atoms with van der Waals surface area (Å²) in [5, 5.41) is 0.249.